The maximum atomic E-state index is 12.6. The van der Waals surface area contributed by atoms with Crippen molar-refractivity contribution in [1.82, 2.24) is 15.0 Å². The molecule has 12 heteroatoms. The number of nitrogens with zero attached hydrogens (tertiary/aromatic N) is 2. The Hall–Kier alpha value is -2.82. The van der Waals surface area contributed by atoms with Gasteiger partial charge in [-0.25, -0.2) is 9.97 Å². The summed E-state index contributed by atoms with van der Waals surface area (Å²) in [5.74, 6) is -0.251. The summed E-state index contributed by atoms with van der Waals surface area (Å²) in [6.07, 6.45) is -4.57. The molecule has 2 heterocycles. The molecular weight excluding hydrogens is 462 g/mol. The molecule has 1 amide bonds. The number of aromatic nitrogens is 3. The number of anilines is 3. The van der Waals surface area contributed by atoms with Crippen molar-refractivity contribution in [1.29, 1.82) is 0 Å². The van der Waals surface area contributed by atoms with Gasteiger partial charge in [0.2, 0.25) is 5.95 Å². The molecule has 0 bridgehead atoms. The molecule has 154 valence electrons. The standard InChI is InChI=1S/C18H10Cl2F3N5OS/c19-9-2-1-3-10(20)14(9)27-16-24-11-5-4-8(6-12(11)25-16)15(29)28-17-26-13(7-30-17)18(21,22)23/h1-7H,(H2,24,25,27)(H,26,28,29). The maximum Gasteiger partial charge on any atom is 0.434 e. The Morgan fingerprint density at radius 1 is 1.10 bits per heavy atom. The first-order chi connectivity index (χ1) is 14.2. The number of H-pyrrole nitrogens is 1. The Morgan fingerprint density at radius 2 is 1.83 bits per heavy atom. The number of rotatable bonds is 4. The highest BCUT2D eigenvalue weighted by Crippen LogP contribution is 2.33. The van der Waals surface area contributed by atoms with Gasteiger partial charge in [0.1, 0.15) is 0 Å². The minimum atomic E-state index is -4.57. The quantitative estimate of drug-likeness (QED) is 0.324. The van der Waals surface area contributed by atoms with E-state index in [1.54, 1.807) is 24.3 Å². The van der Waals surface area contributed by atoms with Gasteiger partial charge in [0, 0.05) is 10.9 Å². The molecule has 30 heavy (non-hydrogen) atoms. The van der Waals surface area contributed by atoms with Crippen molar-refractivity contribution in [2.45, 2.75) is 6.18 Å². The van der Waals surface area contributed by atoms with Crippen molar-refractivity contribution >= 4 is 68.2 Å². The van der Waals surface area contributed by atoms with Gasteiger partial charge < -0.3 is 10.3 Å². The summed E-state index contributed by atoms with van der Waals surface area (Å²) in [6.45, 7) is 0. The molecule has 0 aliphatic rings. The number of benzene rings is 2. The number of imidazole rings is 1. The van der Waals surface area contributed by atoms with Crippen LogP contribution in [0.1, 0.15) is 16.1 Å². The average molecular weight is 472 g/mol. The topological polar surface area (TPSA) is 82.7 Å². The van der Waals surface area contributed by atoms with Crippen molar-refractivity contribution in [3.63, 3.8) is 0 Å². The summed E-state index contributed by atoms with van der Waals surface area (Å²) >= 11 is 13.0. The van der Waals surface area contributed by atoms with E-state index in [1.165, 1.54) is 12.1 Å². The molecule has 0 aliphatic heterocycles. The fraction of sp³-hybridized carbons (Fsp3) is 0.0556. The van der Waals surface area contributed by atoms with E-state index in [4.69, 9.17) is 23.2 Å². The van der Waals surface area contributed by atoms with Crippen LogP contribution in [0.2, 0.25) is 10.0 Å². The first-order valence-corrected chi connectivity index (χ1v) is 9.89. The number of alkyl halides is 3. The largest absolute Gasteiger partial charge is 0.434 e. The molecule has 0 spiro atoms. The normalized spacial score (nSPS) is 11.6. The summed E-state index contributed by atoms with van der Waals surface area (Å²) in [7, 11) is 0. The summed E-state index contributed by atoms with van der Waals surface area (Å²) in [5, 5.41) is 6.85. The summed E-state index contributed by atoms with van der Waals surface area (Å²) in [4.78, 5) is 23.1. The van der Waals surface area contributed by atoms with Gasteiger partial charge in [-0.2, -0.15) is 13.2 Å². The number of aromatic amines is 1. The second-order valence-corrected chi connectivity index (χ2v) is 7.70. The number of hydrogen-bond donors (Lipinski definition) is 3. The molecule has 3 N–H and O–H groups in total. The smallest absolute Gasteiger partial charge is 0.324 e. The molecule has 2 aromatic heterocycles. The van der Waals surface area contributed by atoms with E-state index in [0.29, 0.717) is 44.1 Å². The number of thiazole rings is 1. The SMILES string of the molecule is O=C(Nc1nc(C(F)(F)F)cs1)c1ccc2[nH]c(Nc3c(Cl)cccc3Cl)nc2c1. The zero-order valence-electron chi connectivity index (χ0n) is 14.6. The zero-order chi connectivity index (χ0) is 21.5. The molecule has 0 aliphatic carbocycles. The molecule has 0 radical (unpaired) electrons. The molecule has 0 saturated carbocycles. The summed E-state index contributed by atoms with van der Waals surface area (Å²) < 4.78 is 37.9. The van der Waals surface area contributed by atoms with Crippen LogP contribution in [-0.2, 0) is 6.18 Å². The van der Waals surface area contributed by atoms with Gasteiger partial charge in [-0.1, -0.05) is 29.3 Å². The zero-order valence-corrected chi connectivity index (χ0v) is 17.0. The lowest BCUT2D eigenvalue weighted by Gasteiger charge is -2.06. The van der Waals surface area contributed by atoms with Gasteiger partial charge in [0.05, 0.1) is 26.8 Å². The van der Waals surface area contributed by atoms with Gasteiger partial charge in [-0.05, 0) is 30.3 Å². The monoisotopic (exact) mass is 471 g/mol. The third-order valence-electron chi connectivity index (χ3n) is 3.97. The summed E-state index contributed by atoms with van der Waals surface area (Å²) in [5.41, 5.74) is 0.718. The van der Waals surface area contributed by atoms with Crippen LogP contribution < -0.4 is 10.6 Å². The first kappa shape index (κ1) is 20.5. The highest BCUT2D eigenvalue weighted by molar-refractivity contribution is 7.14. The van der Waals surface area contributed by atoms with Crippen LogP contribution in [0, 0.1) is 0 Å². The minimum absolute atomic E-state index is 0.148. The number of hydrogen-bond acceptors (Lipinski definition) is 5. The van der Waals surface area contributed by atoms with Crippen molar-refractivity contribution in [2.24, 2.45) is 0 Å². The van der Waals surface area contributed by atoms with E-state index in [2.05, 4.69) is 25.6 Å². The van der Waals surface area contributed by atoms with E-state index in [-0.39, 0.29) is 10.7 Å². The maximum absolute atomic E-state index is 12.6. The molecular formula is C18H10Cl2F3N5OS. The van der Waals surface area contributed by atoms with E-state index in [9.17, 15) is 18.0 Å². The molecule has 0 fully saturated rings. The van der Waals surface area contributed by atoms with Crippen molar-refractivity contribution in [3.05, 3.63) is 63.1 Å². The Labute approximate surface area is 181 Å². The second-order valence-electron chi connectivity index (χ2n) is 6.03. The van der Waals surface area contributed by atoms with Gasteiger partial charge in [0.15, 0.2) is 10.8 Å². The number of amides is 1. The fourth-order valence-electron chi connectivity index (χ4n) is 2.57. The van der Waals surface area contributed by atoms with Crippen LogP contribution in [0.5, 0.6) is 0 Å². The number of nitrogens with one attached hydrogen (secondary N) is 3. The third-order valence-corrected chi connectivity index (χ3v) is 5.35. The molecule has 0 atom stereocenters. The molecule has 4 aromatic rings. The van der Waals surface area contributed by atoms with Crippen LogP contribution >= 0.6 is 34.5 Å². The molecule has 2 aromatic carbocycles. The summed E-state index contributed by atoms with van der Waals surface area (Å²) in [6, 6.07) is 9.69. The lowest BCUT2D eigenvalue weighted by atomic mass is 10.2. The number of fused-ring (bicyclic) bond motifs is 1. The van der Waals surface area contributed by atoms with E-state index >= 15 is 0 Å². The van der Waals surface area contributed by atoms with E-state index < -0.39 is 17.8 Å². The minimum Gasteiger partial charge on any atom is -0.324 e. The fourth-order valence-corrected chi connectivity index (χ4v) is 3.78. The van der Waals surface area contributed by atoms with Gasteiger partial charge in [0.25, 0.3) is 5.91 Å². The van der Waals surface area contributed by atoms with Crippen LogP contribution in [0.3, 0.4) is 0 Å². The Kier molecular flexibility index (Phi) is 5.31. The highest BCUT2D eigenvalue weighted by atomic mass is 35.5. The van der Waals surface area contributed by atoms with Crippen molar-refractivity contribution in [3.8, 4) is 0 Å². The second kappa shape index (κ2) is 7.78. The average Bonchev–Trinajstić information content (AvgIpc) is 3.30. The number of halogens is 5. The Balaban J connectivity index is 1.55. The van der Waals surface area contributed by atoms with E-state index in [0.717, 1.165) is 5.38 Å². The lowest BCUT2D eigenvalue weighted by Crippen LogP contribution is -2.12. The molecule has 4 rings (SSSR count). The van der Waals surface area contributed by atoms with Gasteiger partial charge >= 0.3 is 6.18 Å². The number of carbonyl (C=O) groups excluding carboxylic acids is 1. The van der Waals surface area contributed by atoms with Crippen LogP contribution in [-0.4, -0.2) is 20.9 Å². The predicted octanol–water partition coefficient (Wildman–Crippen LogP) is 6.34. The Bertz CT molecular complexity index is 1230. The predicted molar refractivity (Wildman–Crippen MR) is 111 cm³/mol. The highest BCUT2D eigenvalue weighted by Gasteiger charge is 2.34. The van der Waals surface area contributed by atoms with Crippen LogP contribution in [0.25, 0.3) is 11.0 Å². The Morgan fingerprint density at radius 3 is 2.50 bits per heavy atom. The van der Waals surface area contributed by atoms with Crippen molar-refractivity contribution < 1.29 is 18.0 Å². The molecule has 0 unspecified atom stereocenters. The van der Waals surface area contributed by atoms with Crippen molar-refractivity contribution in [2.75, 3.05) is 10.6 Å². The molecule has 6 nitrogen and oxygen atoms in total. The van der Waals surface area contributed by atoms with Crippen LogP contribution in [0.15, 0.2) is 41.8 Å². The first-order valence-electron chi connectivity index (χ1n) is 8.25. The van der Waals surface area contributed by atoms with Crippen LogP contribution in [0.4, 0.5) is 29.9 Å². The third kappa shape index (κ3) is 4.20. The molecule has 0 saturated heterocycles. The van der Waals surface area contributed by atoms with Gasteiger partial charge in [-0.3, -0.25) is 10.1 Å². The number of para-hydroxylation sites is 1. The van der Waals surface area contributed by atoms with E-state index in [1.807, 2.05) is 0 Å². The van der Waals surface area contributed by atoms with Gasteiger partial charge in [-0.15, -0.1) is 11.3 Å². The lowest BCUT2D eigenvalue weighted by molar-refractivity contribution is -0.140. The number of carbonyl (C=O) groups is 1.